The van der Waals surface area contributed by atoms with E-state index in [1.807, 2.05) is 5.32 Å². The Bertz CT molecular complexity index is 1410. The third kappa shape index (κ3) is 6.77. The van der Waals surface area contributed by atoms with Gasteiger partial charge in [-0.15, -0.1) is 0 Å². The lowest BCUT2D eigenvalue weighted by atomic mass is 9.76. The van der Waals surface area contributed by atoms with Crippen LogP contribution in [0.25, 0.3) is 0 Å². The summed E-state index contributed by atoms with van der Waals surface area (Å²) in [5.74, 6) is -4.54. The van der Waals surface area contributed by atoms with Gasteiger partial charge >= 0.3 is 18.5 Å². The van der Waals surface area contributed by atoms with Crippen LogP contribution in [0.15, 0.2) is 72.8 Å². The first-order chi connectivity index (χ1) is 19.6. The molecule has 0 radical (unpaired) electrons. The second-order valence-corrected chi connectivity index (χ2v) is 9.92. The van der Waals surface area contributed by atoms with Gasteiger partial charge in [-0.2, -0.15) is 39.5 Å². The van der Waals surface area contributed by atoms with Crippen LogP contribution in [0.4, 0.5) is 48.3 Å². The minimum Gasteiger partial charge on any atom is -0.372 e. The molecule has 0 saturated carbocycles. The zero-order chi connectivity index (χ0) is 32.6. The Labute approximate surface area is 237 Å². The SMILES string of the molecule is CN(C)C(C(=O)N[C@](Cc1ccccc1)(c1ccc(F)cc1)c1cc(F)cc(C(F)(F)F)c1)C(O)(C(F)(F)F)C(F)(F)F. The molecule has 4 nitrogen and oxygen atoms in total. The molecule has 43 heavy (non-hydrogen) atoms. The van der Waals surface area contributed by atoms with Crippen molar-refractivity contribution in [3.8, 4) is 0 Å². The van der Waals surface area contributed by atoms with E-state index in [-0.39, 0.29) is 22.1 Å². The molecule has 0 aliphatic rings. The van der Waals surface area contributed by atoms with Crippen LogP contribution in [0.3, 0.4) is 0 Å². The molecule has 0 heterocycles. The van der Waals surface area contributed by atoms with Gasteiger partial charge in [0, 0.05) is 6.42 Å². The van der Waals surface area contributed by atoms with Crippen molar-refractivity contribution in [2.75, 3.05) is 14.1 Å². The number of likely N-dealkylation sites (N-methyl/N-ethyl adjacent to an activating group) is 1. The molecular weight excluding hydrogens is 605 g/mol. The Morgan fingerprint density at radius 1 is 0.744 bits per heavy atom. The van der Waals surface area contributed by atoms with Crippen molar-refractivity contribution < 1.29 is 58.2 Å². The predicted octanol–water partition coefficient (Wildman–Crippen LogP) is 6.37. The minimum atomic E-state index is -6.47. The third-order valence-electron chi connectivity index (χ3n) is 6.73. The summed E-state index contributed by atoms with van der Waals surface area (Å²) in [6.45, 7) is 0. The van der Waals surface area contributed by atoms with Crippen molar-refractivity contribution in [3.05, 3.63) is 107 Å². The van der Waals surface area contributed by atoms with E-state index in [1.54, 1.807) is 0 Å². The maximum atomic E-state index is 14.7. The number of carbonyl (C=O) groups is 1. The monoisotopic (exact) mass is 628 g/mol. The average Bonchev–Trinajstić information content (AvgIpc) is 2.87. The van der Waals surface area contributed by atoms with Crippen molar-refractivity contribution in [1.29, 1.82) is 0 Å². The summed E-state index contributed by atoms with van der Waals surface area (Å²) >= 11 is 0. The van der Waals surface area contributed by atoms with Gasteiger partial charge in [0.1, 0.15) is 17.7 Å². The molecule has 3 aromatic carbocycles. The van der Waals surface area contributed by atoms with Crippen molar-refractivity contribution >= 4 is 5.91 Å². The van der Waals surface area contributed by atoms with Crippen molar-refractivity contribution in [3.63, 3.8) is 0 Å². The molecule has 3 rings (SSSR count). The van der Waals surface area contributed by atoms with Gasteiger partial charge in [0.05, 0.1) is 11.1 Å². The summed E-state index contributed by atoms with van der Waals surface area (Å²) in [5, 5.41) is 12.1. The second-order valence-electron chi connectivity index (χ2n) is 9.92. The van der Waals surface area contributed by atoms with Crippen LogP contribution in [-0.2, 0) is 22.9 Å². The van der Waals surface area contributed by atoms with Crippen LogP contribution in [0, 0.1) is 11.6 Å². The lowest BCUT2D eigenvalue weighted by Gasteiger charge is -2.43. The highest BCUT2D eigenvalue weighted by Gasteiger charge is 2.76. The third-order valence-corrected chi connectivity index (χ3v) is 6.73. The van der Waals surface area contributed by atoms with Crippen LogP contribution >= 0.6 is 0 Å². The number of rotatable bonds is 8. The van der Waals surface area contributed by atoms with E-state index < -0.39 is 70.8 Å². The van der Waals surface area contributed by atoms with Gasteiger partial charge in [-0.05, 0) is 61.1 Å². The van der Waals surface area contributed by atoms with E-state index >= 15 is 0 Å². The fourth-order valence-electron chi connectivity index (χ4n) is 4.74. The van der Waals surface area contributed by atoms with Gasteiger partial charge in [0.2, 0.25) is 5.91 Å². The maximum Gasteiger partial charge on any atom is 0.428 e. The summed E-state index contributed by atoms with van der Waals surface area (Å²) in [4.78, 5) is 13.7. The van der Waals surface area contributed by atoms with E-state index in [0.717, 1.165) is 24.3 Å². The van der Waals surface area contributed by atoms with Gasteiger partial charge in [-0.1, -0.05) is 42.5 Å². The molecule has 0 aromatic heterocycles. The van der Waals surface area contributed by atoms with Gasteiger partial charge in [-0.3, -0.25) is 9.69 Å². The number of aliphatic hydroxyl groups is 1. The van der Waals surface area contributed by atoms with Crippen LogP contribution in [0.1, 0.15) is 22.3 Å². The van der Waals surface area contributed by atoms with Crippen molar-refractivity contribution in [2.24, 2.45) is 0 Å². The highest BCUT2D eigenvalue weighted by molar-refractivity contribution is 5.85. The largest absolute Gasteiger partial charge is 0.428 e. The summed E-state index contributed by atoms with van der Waals surface area (Å²) in [5.41, 5.74) is -10.7. The first-order valence-electron chi connectivity index (χ1n) is 12.2. The fraction of sp³-hybridized carbons (Fsp3) is 0.321. The van der Waals surface area contributed by atoms with Gasteiger partial charge in [0.25, 0.3) is 5.60 Å². The van der Waals surface area contributed by atoms with E-state index in [4.69, 9.17) is 0 Å². The van der Waals surface area contributed by atoms with E-state index in [0.29, 0.717) is 26.2 Å². The molecule has 15 heteroatoms. The first kappa shape index (κ1) is 33.8. The Hall–Kier alpha value is -3.72. The molecule has 2 N–H and O–H groups in total. The number of hydrogen-bond acceptors (Lipinski definition) is 3. The zero-order valence-electron chi connectivity index (χ0n) is 22.2. The fourth-order valence-corrected chi connectivity index (χ4v) is 4.74. The summed E-state index contributed by atoms with van der Waals surface area (Å²) in [6.07, 6.45) is -18.8. The lowest BCUT2D eigenvalue weighted by molar-refractivity contribution is -0.379. The molecule has 0 spiro atoms. The first-order valence-corrected chi connectivity index (χ1v) is 12.2. The molecule has 0 aliphatic carbocycles. The molecule has 0 saturated heterocycles. The summed E-state index contributed by atoms with van der Waals surface area (Å²) < 4.78 is 153. The summed E-state index contributed by atoms with van der Waals surface area (Å²) in [6, 6.07) is 8.03. The molecule has 0 aliphatic heterocycles. The normalized spacial score (nSPS) is 15.2. The highest BCUT2D eigenvalue weighted by atomic mass is 19.4. The minimum absolute atomic E-state index is 0.0952. The quantitative estimate of drug-likeness (QED) is 0.285. The van der Waals surface area contributed by atoms with Gasteiger partial charge in [0.15, 0.2) is 0 Å². The number of hydrogen-bond donors (Lipinski definition) is 2. The Morgan fingerprint density at radius 3 is 1.72 bits per heavy atom. The van der Waals surface area contributed by atoms with E-state index in [2.05, 4.69) is 0 Å². The molecule has 0 bridgehead atoms. The van der Waals surface area contributed by atoms with Gasteiger partial charge < -0.3 is 10.4 Å². The number of amides is 1. The number of carbonyl (C=O) groups excluding carboxylic acids is 1. The smallest absolute Gasteiger partial charge is 0.372 e. The van der Waals surface area contributed by atoms with Crippen LogP contribution < -0.4 is 5.32 Å². The molecule has 3 aromatic rings. The number of nitrogens with zero attached hydrogens (tertiary/aromatic N) is 1. The second kappa shape index (κ2) is 11.8. The predicted molar refractivity (Wildman–Crippen MR) is 131 cm³/mol. The standard InChI is InChI=1S/C28H23F11N2O2/c1-41(2)22(25(43,27(34,35)36)28(37,38)39)23(42)40-24(15-16-6-4-3-5-7-16,17-8-10-20(29)11-9-17)18-12-19(26(31,32)33)14-21(30)13-18/h3-14,22,43H,15H2,1-2H3,(H,40,42)/t22?,24-/m1/s1. The molecule has 2 atom stereocenters. The lowest BCUT2D eigenvalue weighted by Crippen LogP contribution is -2.72. The van der Waals surface area contributed by atoms with E-state index in [1.165, 1.54) is 30.3 Å². The number of benzene rings is 3. The topological polar surface area (TPSA) is 52.6 Å². The van der Waals surface area contributed by atoms with Crippen molar-refractivity contribution in [2.45, 2.75) is 42.1 Å². The van der Waals surface area contributed by atoms with E-state index in [9.17, 15) is 58.2 Å². The number of halogens is 11. The number of nitrogens with one attached hydrogen (secondary N) is 1. The molecule has 234 valence electrons. The Kier molecular flexibility index (Phi) is 9.23. The van der Waals surface area contributed by atoms with Gasteiger partial charge in [-0.25, -0.2) is 8.78 Å². The van der Waals surface area contributed by atoms with Crippen molar-refractivity contribution in [1.82, 2.24) is 10.2 Å². The molecule has 1 unspecified atom stereocenters. The Balaban J connectivity index is 2.41. The Morgan fingerprint density at radius 2 is 1.26 bits per heavy atom. The molecular formula is C28H23F11N2O2. The molecule has 1 amide bonds. The van der Waals surface area contributed by atoms with Crippen LogP contribution in [0.2, 0.25) is 0 Å². The summed E-state index contributed by atoms with van der Waals surface area (Å²) in [7, 11) is 1.26. The van der Waals surface area contributed by atoms with Crippen LogP contribution in [-0.4, -0.2) is 54.0 Å². The maximum absolute atomic E-state index is 14.7. The highest BCUT2D eigenvalue weighted by Crippen LogP contribution is 2.47. The average molecular weight is 628 g/mol. The zero-order valence-corrected chi connectivity index (χ0v) is 22.2. The molecule has 0 fully saturated rings. The van der Waals surface area contributed by atoms with Crippen LogP contribution in [0.5, 0.6) is 0 Å². The number of alkyl halides is 9.